The van der Waals surface area contributed by atoms with Crippen LogP contribution in [0, 0.1) is 0 Å². The molecule has 0 N–H and O–H groups in total. The monoisotopic (exact) mass is 262 g/mol. The normalized spacial score (nSPS) is 15.8. The van der Waals surface area contributed by atoms with Gasteiger partial charge >= 0.3 is 0 Å². The zero-order valence-electron chi connectivity index (χ0n) is 11.8. The Morgan fingerprint density at radius 3 is 2.80 bits per heavy atom. The van der Waals surface area contributed by atoms with Crippen LogP contribution in [-0.2, 0) is 7.05 Å². The Hall–Kier alpha value is -2.09. The van der Waals surface area contributed by atoms with E-state index in [-0.39, 0.29) is 0 Å². The van der Waals surface area contributed by atoms with Gasteiger partial charge in [0, 0.05) is 29.5 Å². The van der Waals surface area contributed by atoms with Crippen molar-refractivity contribution in [2.75, 3.05) is 0 Å². The van der Waals surface area contributed by atoms with E-state index in [9.17, 15) is 0 Å². The fraction of sp³-hybridized carbons (Fsp3) is 0.278. The highest BCUT2D eigenvalue weighted by molar-refractivity contribution is 6.08. The molecular formula is C18H18N2. The number of aryl methyl sites for hydroxylation is 1. The van der Waals surface area contributed by atoms with Gasteiger partial charge in [-0.15, -0.1) is 0 Å². The van der Waals surface area contributed by atoms with Gasteiger partial charge in [-0.1, -0.05) is 24.3 Å². The van der Waals surface area contributed by atoms with Crippen LogP contribution in [0.1, 0.15) is 31.4 Å². The minimum absolute atomic E-state index is 1.16. The number of hydrogen-bond acceptors (Lipinski definition) is 1. The maximum absolute atomic E-state index is 4.71. The van der Waals surface area contributed by atoms with Crippen molar-refractivity contribution in [1.82, 2.24) is 9.55 Å². The summed E-state index contributed by atoms with van der Waals surface area (Å²) in [7, 11) is 2.14. The Balaban J connectivity index is 1.97. The first-order valence-electron chi connectivity index (χ1n) is 7.37. The molecule has 2 aromatic heterocycles. The summed E-state index contributed by atoms with van der Waals surface area (Å²) < 4.78 is 2.28. The van der Waals surface area contributed by atoms with Crippen molar-refractivity contribution >= 4 is 27.4 Å². The van der Waals surface area contributed by atoms with E-state index in [4.69, 9.17) is 4.98 Å². The molecule has 0 saturated carbocycles. The van der Waals surface area contributed by atoms with E-state index in [0.29, 0.717) is 0 Å². The fourth-order valence-electron chi connectivity index (χ4n) is 3.30. The summed E-state index contributed by atoms with van der Waals surface area (Å²) in [6, 6.07) is 10.8. The van der Waals surface area contributed by atoms with Gasteiger partial charge in [0.15, 0.2) is 0 Å². The van der Waals surface area contributed by atoms with Gasteiger partial charge in [-0.2, -0.15) is 0 Å². The van der Waals surface area contributed by atoms with Crippen molar-refractivity contribution in [1.29, 1.82) is 0 Å². The van der Waals surface area contributed by atoms with Crippen LogP contribution < -0.4 is 0 Å². The van der Waals surface area contributed by atoms with Gasteiger partial charge in [0.2, 0.25) is 0 Å². The molecule has 0 aliphatic heterocycles. The molecule has 0 amide bonds. The SMILES string of the molecule is Cn1c2ccccc2c2cnc(C3=CCCCC3)cc21. The smallest absolute Gasteiger partial charge is 0.0679 e. The second-order valence-electron chi connectivity index (χ2n) is 5.64. The highest BCUT2D eigenvalue weighted by Crippen LogP contribution is 2.31. The molecule has 0 fully saturated rings. The lowest BCUT2D eigenvalue weighted by Crippen LogP contribution is -1.95. The van der Waals surface area contributed by atoms with E-state index in [1.54, 1.807) is 0 Å². The van der Waals surface area contributed by atoms with E-state index in [1.165, 1.54) is 53.1 Å². The van der Waals surface area contributed by atoms with Gasteiger partial charge in [-0.05, 0) is 43.4 Å². The van der Waals surface area contributed by atoms with Crippen molar-refractivity contribution < 1.29 is 0 Å². The maximum atomic E-state index is 4.71. The molecule has 2 heteroatoms. The minimum Gasteiger partial charge on any atom is -0.343 e. The Morgan fingerprint density at radius 1 is 1.05 bits per heavy atom. The third kappa shape index (κ3) is 1.68. The van der Waals surface area contributed by atoms with Gasteiger partial charge in [-0.3, -0.25) is 4.98 Å². The van der Waals surface area contributed by atoms with Crippen LogP contribution in [-0.4, -0.2) is 9.55 Å². The number of hydrogen-bond donors (Lipinski definition) is 0. The van der Waals surface area contributed by atoms with Crippen LogP contribution in [0.2, 0.25) is 0 Å². The van der Waals surface area contributed by atoms with Crippen molar-refractivity contribution in [3.05, 3.63) is 48.3 Å². The molecule has 0 bridgehead atoms. The molecule has 100 valence electrons. The van der Waals surface area contributed by atoms with Gasteiger partial charge in [0.25, 0.3) is 0 Å². The standard InChI is InChI=1S/C18H18N2/c1-20-17-10-6-5-9-14(17)15-12-19-16(11-18(15)20)13-7-3-2-4-8-13/h5-7,9-12H,2-4,8H2,1H3. The number of pyridine rings is 1. The van der Waals surface area contributed by atoms with E-state index in [1.807, 2.05) is 6.20 Å². The molecular weight excluding hydrogens is 244 g/mol. The average Bonchev–Trinajstić information content (AvgIpc) is 2.81. The van der Waals surface area contributed by atoms with Gasteiger partial charge < -0.3 is 4.57 Å². The molecule has 0 saturated heterocycles. The summed E-state index contributed by atoms with van der Waals surface area (Å²) >= 11 is 0. The molecule has 0 radical (unpaired) electrons. The molecule has 4 rings (SSSR count). The zero-order valence-corrected chi connectivity index (χ0v) is 11.8. The molecule has 1 aliphatic rings. The van der Waals surface area contributed by atoms with E-state index >= 15 is 0 Å². The molecule has 2 nitrogen and oxygen atoms in total. The quantitative estimate of drug-likeness (QED) is 0.622. The number of para-hydroxylation sites is 1. The van der Waals surface area contributed by atoms with Crippen molar-refractivity contribution in [2.24, 2.45) is 7.05 Å². The van der Waals surface area contributed by atoms with Crippen LogP contribution in [0.3, 0.4) is 0 Å². The van der Waals surface area contributed by atoms with Crippen LogP contribution in [0.4, 0.5) is 0 Å². The number of aromatic nitrogens is 2. The van der Waals surface area contributed by atoms with Gasteiger partial charge in [0.05, 0.1) is 11.2 Å². The summed E-state index contributed by atoms with van der Waals surface area (Å²) in [4.78, 5) is 4.71. The first kappa shape index (κ1) is 11.7. The highest BCUT2D eigenvalue weighted by atomic mass is 14.9. The molecule has 0 atom stereocenters. The molecule has 1 aliphatic carbocycles. The number of nitrogens with zero attached hydrogens (tertiary/aromatic N) is 2. The molecule has 20 heavy (non-hydrogen) atoms. The third-order valence-electron chi connectivity index (χ3n) is 4.42. The lowest BCUT2D eigenvalue weighted by molar-refractivity contribution is 0.740. The predicted molar refractivity (Wildman–Crippen MR) is 84.7 cm³/mol. The fourth-order valence-corrected chi connectivity index (χ4v) is 3.30. The summed E-state index contributed by atoms with van der Waals surface area (Å²) in [6.07, 6.45) is 9.38. The Bertz CT molecular complexity index is 824. The Kier molecular flexibility index (Phi) is 2.62. The number of benzene rings is 1. The van der Waals surface area contributed by atoms with Crippen LogP contribution in [0.15, 0.2) is 42.6 Å². The second kappa shape index (κ2) is 4.48. The predicted octanol–water partition coefficient (Wildman–Crippen LogP) is 4.68. The van der Waals surface area contributed by atoms with Crippen molar-refractivity contribution in [2.45, 2.75) is 25.7 Å². The zero-order chi connectivity index (χ0) is 13.5. The van der Waals surface area contributed by atoms with E-state index in [2.05, 4.69) is 48.0 Å². The minimum atomic E-state index is 1.16. The van der Waals surface area contributed by atoms with Gasteiger partial charge in [-0.25, -0.2) is 0 Å². The molecule has 0 spiro atoms. The number of allylic oxidation sites excluding steroid dienone is 2. The Morgan fingerprint density at radius 2 is 1.95 bits per heavy atom. The summed E-state index contributed by atoms with van der Waals surface area (Å²) in [5.41, 5.74) is 5.13. The lowest BCUT2D eigenvalue weighted by Gasteiger charge is -2.12. The summed E-state index contributed by atoms with van der Waals surface area (Å²) in [6.45, 7) is 0. The molecule has 3 aromatic rings. The Labute approximate surface area is 118 Å². The van der Waals surface area contributed by atoms with Crippen LogP contribution in [0.5, 0.6) is 0 Å². The van der Waals surface area contributed by atoms with E-state index < -0.39 is 0 Å². The van der Waals surface area contributed by atoms with Crippen LogP contribution in [0.25, 0.3) is 27.4 Å². The van der Waals surface area contributed by atoms with E-state index in [0.717, 1.165) is 5.69 Å². The van der Waals surface area contributed by atoms with Crippen LogP contribution >= 0.6 is 0 Å². The largest absolute Gasteiger partial charge is 0.343 e. The maximum Gasteiger partial charge on any atom is 0.0679 e. The average molecular weight is 262 g/mol. The summed E-state index contributed by atoms with van der Waals surface area (Å²) in [5.74, 6) is 0. The second-order valence-corrected chi connectivity index (χ2v) is 5.64. The third-order valence-corrected chi connectivity index (χ3v) is 4.42. The molecule has 2 heterocycles. The highest BCUT2D eigenvalue weighted by Gasteiger charge is 2.12. The first-order chi connectivity index (χ1) is 9.84. The summed E-state index contributed by atoms with van der Waals surface area (Å²) in [5, 5.41) is 2.55. The first-order valence-corrected chi connectivity index (χ1v) is 7.37. The van der Waals surface area contributed by atoms with Gasteiger partial charge in [0.1, 0.15) is 0 Å². The lowest BCUT2D eigenvalue weighted by atomic mass is 9.96. The number of rotatable bonds is 1. The number of fused-ring (bicyclic) bond motifs is 3. The molecule has 1 aromatic carbocycles. The van der Waals surface area contributed by atoms with Crippen molar-refractivity contribution in [3.8, 4) is 0 Å². The molecule has 0 unspecified atom stereocenters. The topological polar surface area (TPSA) is 17.8 Å². The van der Waals surface area contributed by atoms with Crippen molar-refractivity contribution in [3.63, 3.8) is 0 Å².